The minimum absolute atomic E-state index is 0.0657. The van der Waals surface area contributed by atoms with E-state index in [1.54, 1.807) is 49.7 Å². The number of methoxy groups -OCH3 is 1. The van der Waals surface area contributed by atoms with Crippen LogP contribution in [0.3, 0.4) is 0 Å². The maximum absolute atomic E-state index is 12.9. The number of rotatable bonds is 6. The summed E-state index contributed by atoms with van der Waals surface area (Å²) >= 11 is 0. The molecule has 0 aliphatic carbocycles. The Balaban J connectivity index is 2.31. The molecule has 0 aliphatic heterocycles. The fourth-order valence-corrected chi connectivity index (χ4v) is 3.23. The van der Waals surface area contributed by atoms with Crippen LogP contribution in [0.25, 0.3) is 0 Å². The summed E-state index contributed by atoms with van der Waals surface area (Å²) in [6.07, 6.45) is 0. The van der Waals surface area contributed by atoms with Crippen LogP contribution in [-0.4, -0.2) is 47.8 Å². The van der Waals surface area contributed by atoms with E-state index in [2.05, 4.69) is 0 Å². The SMILES string of the molecule is CCn1c(C)c(C(=O)CN(C)C(=O)c2ccccc2)c(C)c1C(=O)OC. The molecule has 0 unspecified atom stereocenters. The first-order valence-corrected chi connectivity index (χ1v) is 8.45. The molecule has 1 amide bonds. The molecule has 0 aliphatic rings. The van der Waals surface area contributed by atoms with Gasteiger partial charge in [0.25, 0.3) is 5.91 Å². The predicted molar refractivity (Wildman–Crippen MR) is 98.7 cm³/mol. The molecule has 0 bridgehead atoms. The largest absolute Gasteiger partial charge is 0.464 e. The van der Waals surface area contributed by atoms with Crippen molar-refractivity contribution in [2.24, 2.45) is 0 Å². The lowest BCUT2D eigenvalue weighted by Crippen LogP contribution is -2.32. The first kappa shape index (κ1) is 19.4. The number of likely N-dealkylation sites (N-methyl/N-ethyl adjacent to an activating group) is 1. The van der Waals surface area contributed by atoms with E-state index in [4.69, 9.17) is 4.74 Å². The molecule has 0 spiro atoms. The molecule has 2 aromatic rings. The molecule has 0 radical (unpaired) electrons. The summed E-state index contributed by atoms with van der Waals surface area (Å²) in [5.41, 5.74) is 2.67. The molecule has 0 saturated carbocycles. The predicted octanol–water partition coefficient (Wildman–Crippen LogP) is 2.87. The zero-order valence-electron chi connectivity index (χ0n) is 15.8. The molecule has 1 heterocycles. The number of hydrogen-bond donors (Lipinski definition) is 0. The first-order valence-electron chi connectivity index (χ1n) is 8.45. The lowest BCUT2D eigenvalue weighted by Gasteiger charge is -2.16. The van der Waals surface area contributed by atoms with Gasteiger partial charge in [0.1, 0.15) is 5.69 Å². The van der Waals surface area contributed by atoms with Crippen LogP contribution in [0.1, 0.15) is 49.4 Å². The number of esters is 1. The van der Waals surface area contributed by atoms with E-state index in [-0.39, 0.29) is 18.2 Å². The number of nitrogens with zero attached hydrogens (tertiary/aromatic N) is 2. The van der Waals surface area contributed by atoms with Gasteiger partial charge in [0.2, 0.25) is 0 Å². The summed E-state index contributed by atoms with van der Waals surface area (Å²) < 4.78 is 6.62. The molecular formula is C20H24N2O4. The van der Waals surface area contributed by atoms with Gasteiger partial charge in [0.15, 0.2) is 5.78 Å². The Morgan fingerprint density at radius 2 is 1.73 bits per heavy atom. The molecule has 0 N–H and O–H groups in total. The lowest BCUT2D eigenvalue weighted by atomic mass is 10.0. The van der Waals surface area contributed by atoms with Crippen LogP contribution in [0.4, 0.5) is 0 Å². The third-order valence-corrected chi connectivity index (χ3v) is 4.49. The van der Waals surface area contributed by atoms with Gasteiger partial charge < -0.3 is 14.2 Å². The van der Waals surface area contributed by atoms with Gasteiger partial charge >= 0.3 is 5.97 Å². The Kier molecular flexibility index (Phi) is 5.97. The van der Waals surface area contributed by atoms with Crippen LogP contribution in [0.2, 0.25) is 0 Å². The summed E-state index contributed by atoms with van der Waals surface area (Å²) in [6.45, 7) is 5.91. The smallest absolute Gasteiger partial charge is 0.354 e. The van der Waals surface area contributed by atoms with E-state index in [9.17, 15) is 14.4 Å². The summed E-state index contributed by atoms with van der Waals surface area (Å²) in [6, 6.07) is 8.81. The second kappa shape index (κ2) is 7.99. The Bertz CT molecular complexity index is 837. The number of benzene rings is 1. The Hall–Kier alpha value is -2.89. The Labute approximate surface area is 153 Å². The Morgan fingerprint density at radius 1 is 1.12 bits per heavy atom. The summed E-state index contributed by atoms with van der Waals surface area (Å²) in [4.78, 5) is 38.8. The fraction of sp³-hybridized carbons (Fsp3) is 0.350. The van der Waals surface area contributed by atoms with Crippen molar-refractivity contribution >= 4 is 17.7 Å². The normalized spacial score (nSPS) is 10.5. The van der Waals surface area contributed by atoms with Gasteiger partial charge in [-0.05, 0) is 38.5 Å². The van der Waals surface area contributed by atoms with E-state index in [0.717, 1.165) is 0 Å². The van der Waals surface area contributed by atoms with Gasteiger partial charge in [-0.15, -0.1) is 0 Å². The number of ether oxygens (including phenoxy) is 1. The van der Waals surface area contributed by atoms with Crippen LogP contribution >= 0.6 is 0 Å². The molecule has 0 atom stereocenters. The molecule has 1 aromatic carbocycles. The van der Waals surface area contributed by atoms with Crippen molar-refractivity contribution in [3.63, 3.8) is 0 Å². The van der Waals surface area contributed by atoms with Crippen molar-refractivity contribution in [1.82, 2.24) is 9.47 Å². The van der Waals surface area contributed by atoms with Gasteiger partial charge in [-0.2, -0.15) is 0 Å². The third kappa shape index (κ3) is 3.54. The quantitative estimate of drug-likeness (QED) is 0.589. The zero-order chi connectivity index (χ0) is 19.4. The average Bonchev–Trinajstić information content (AvgIpc) is 2.90. The molecule has 0 saturated heterocycles. The second-order valence-corrected chi connectivity index (χ2v) is 6.12. The number of amides is 1. The van der Waals surface area contributed by atoms with E-state index < -0.39 is 5.97 Å². The maximum Gasteiger partial charge on any atom is 0.354 e. The van der Waals surface area contributed by atoms with Crippen LogP contribution in [0.5, 0.6) is 0 Å². The zero-order valence-corrected chi connectivity index (χ0v) is 15.8. The number of Topliss-reactive ketones (excluding diaryl/α,β-unsaturated/α-hetero) is 1. The van der Waals surface area contributed by atoms with Gasteiger partial charge in [-0.25, -0.2) is 4.79 Å². The number of carbonyl (C=O) groups excluding carboxylic acids is 3. The fourth-order valence-electron chi connectivity index (χ4n) is 3.23. The molecule has 1 aromatic heterocycles. The van der Waals surface area contributed by atoms with E-state index >= 15 is 0 Å². The standard InChI is InChI=1S/C20H24N2O4/c1-6-22-14(3)17(13(2)18(22)20(25)26-5)16(23)12-21(4)19(24)15-10-8-7-9-11-15/h7-11H,6,12H2,1-5H3. The number of ketones is 1. The summed E-state index contributed by atoms with van der Waals surface area (Å²) in [5.74, 6) is -0.901. The highest BCUT2D eigenvalue weighted by molar-refractivity contribution is 6.05. The minimum Gasteiger partial charge on any atom is -0.464 e. The van der Waals surface area contributed by atoms with Gasteiger partial charge in [0, 0.05) is 30.4 Å². The average molecular weight is 356 g/mol. The molecule has 2 rings (SSSR count). The Morgan fingerprint density at radius 3 is 2.27 bits per heavy atom. The number of hydrogen-bond acceptors (Lipinski definition) is 4. The molecule has 6 heteroatoms. The van der Waals surface area contributed by atoms with Crippen molar-refractivity contribution in [3.05, 3.63) is 58.4 Å². The monoisotopic (exact) mass is 356 g/mol. The van der Waals surface area contributed by atoms with Gasteiger partial charge in [-0.3, -0.25) is 9.59 Å². The summed E-state index contributed by atoms with van der Waals surface area (Å²) in [5, 5.41) is 0. The van der Waals surface area contributed by atoms with Crippen LogP contribution in [-0.2, 0) is 11.3 Å². The minimum atomic E-state index is -0.472. The van der Waals surface area contributed by atoms with Crippen molar-refractivity contribution in [1.29, 1.82) is 0 Å². The molecule has 26 heavy (non-hydrogen) atoms. The van der Waals surface area contributed by atoms with E-state index in [0.29, 0.717) is 34.6 Å². The maximum atomic E-state index is 12.9. The van der Waals surface area contributed by atoms with E-state index in [1.807, 2.05) is 13.0 Å². The van der Waals surface area contributed by atoms with Crippen LogP contribution in [0, 0.1) is 13.8 Å². The van der Waals surface area contributed by atoms with Crippen LogP contribution < -0.4 is 0 Å². The third-order valence-electron chi connectivity index (χ3n) is 4.49. The van der Waals surface area contributed by atoms with Gasteiger partial charge in [0.05, 0.1) is 13.7 Å². The lowest BCUT2D eigenvalue weighted by molar-refractivity contribution is 0.0587. The number of carbonyl (C=O) groups is 3. The van der Waals surface area contributed by atoms with E-state index in [1.165, 1.54) is 12.0 Å². The van der Waals surface area contributed by atoms with Gasteiger partial charge in [-0.1, -0.05) is 18.2 Å². The van der Waals surface area contributed by atoms with Crippen molar-refractivity contribution < 1.29 is 19.1 Å². The molecule has 6 nitrogen and oxygen atoms in total. The first-order chi connectivity index (χ1) is 12.3. The highest BCUT2D eigenvalue weighted by Crippen LogP contribution is 2.24. The van der Waals surface area contributed by atoms with Crippen molar-refractivity contribution in [3.8, 4) is 0 Å². The highest BCUT2D eigenvalue weighted by atomic mass is 16.5. The van der Waals surface area contributed by atoms with Crippen molar-refractivity contribution in [2.45, 2.75) is 27.3 Å². The van der Waals surface area contributed by atoms with Crippen LogP contribution in [0.15, 0.2) is 30.3 Å². The molecular weight excluding hydrogens is 332 g/mol. The highest BCUT2D eigenvalue weighted by Gasteiger charge is 2.27. The molecule has 0 fully saturated rings. The second-order valence-electron chi connectivity index (χ2n) is 6.12. The molecule has 138 valence electrons. The van der Waals surface area contributed by atoms with Crippen molar-refractivity contribution in [2.75, 3.05) is 20.7 Å². The number of aromatic nitrogens is 1. The summed E-state index contributed by atoms with van der Waals surface area (Å²) in [7, 11) is 2.91. The topological polar surface area (TPSA) is 68.6 Å².